The van der Waals surface area contributed by atoms with Crippen LogP contribution in [0, 0.1) is 0 Å². The monoisotopic (exact) mass is 379 g/mol. The van der Waals surface area contributed by atoms with Gasteiger partial charge in [-0.3, -0.25) is 9.59 Å². The third-order valence-corrected chi connectivity index (χ3v) is 4.24. The van der Waals surface area contributed by atoms with Crippen LogP contribution in [-0.4, -0.2) is 34.3 Å². The van der Waals surface area contributed by atoms with E-state index in [-0.39, 0.29) is 17.8 Å². The smallest absolute Gasteiger partial charge is 0.360 e. The molecule has 1 aromatic heterocycles. The van der Waals surface area contributed by atoms with Crippen molar-refractivity contribution in [2.75, 3.05) is 6.54 Å². The summed E-state index contributed by atoms with van der Waals surface area (Å²) in [6.07, 6.45) is -0.970. The number of likely N-dealkylation sites (N-methyl/N-ethyl adjacent to an activating group) is 1. The van der Waals surface area contributed by atoms with Crippen molar-refractivity contribution in [3.63, 3.8) is 0 Å². The maximum Gasteiger partial charge on any atom is 0.360 e. The Balaban J connectivity index is 2.01. The lowest BCUT2D eigenvalue weighted by atomic mass is 10.1. The minimum atomic E-state index is -0.970. The van der Waals surface area contributed by atoms with Gasteiger partial charge in [-0.15, -0.1) is 0 Å². The van der Waals surface area contributed by atoms with Crippen molar-refractivity contribution in [2.24, 2.45) is 0 Å². The fraction of sp³-hybridized carbons (Fsp3) is 0.238. The van der Waals surface area contributed by atoms with Crippen molar-refractivity contribution in [1.82, 2.24) is 15.1 Å². The van der Waals surface area contributed by atoms with Gasteiger partial charge in [0, 0.05) is 11.9 Å². The number of ether oxygens (including phenoxy) is 1. The zero-order chi connectivity index (χ0) is 20.1. The van der Waals surface area contributed by atoms with Gasteiger partial charge < -0.3 is 10.1 Å². The summed E-state index contributed by atoms with van der Waals surface area (Å²) in [4.78, 5) is 37.4. The fourth-order valence-corrected chi connectivity index (χ4v) is 2.84. The lowest BCUT2D eigenvalue weighted by Gasteiger charge is -2.14. The number of fused-ring (bicyclic) bond motifs is 1. The molecule has 28 heavy (non-hydrogen) atoms. The molecule has 1 heterocycles. The van der Waals surface area contributed by atoms with Crippen LogP contribution in [0.3, 0.4) is 0 Å². The number of hydrogen-bond acceptors (Lipinski definition) is 5. The molecule has 0 saturated carbocycles. The molecular weight excluding hydrogens is 358 g/mol. The van der Waals surface area contributed by atoms with Crippen LogP contribution in [0.5, 0.6) is 0 Å². The summed E-state index contributed by atoms with van der Waals surface area (Å²) in [7, 11) is 0. The second kappa shape index (κ2) is 8.47. The SMILES string of the molecule is CCNC(=O)[C@H](C)OC(=O)c1nn(Cc2ccccc2)c(=O)c2ccccc12. The van der Waals surface area contributed by atoms with E-state index in [2.05, 4.69) is 10.4 Å². The van der Waals surface area contributed by atoms with E-state index in [4.69, 9.17) is 4.74 Å². The van der Waals surface area contributed by atoms with Crippen LogP contribution in [0.4, 0.5) is 0 Å². The molecule has 0 saturated heterocycles. The first-order chi connectivity index (χ1) is 13.5. The highest BCUT2D eigenvalue weighted by atomic mass is 16.5. The minimum Gasteiger partial charge on any atom is -0.448 e. The number of benzene rings is 2. The van der Waals surface area contributed by atoms with Crippen LogP contribution in [0.2, 0.25) is 0 Å². The zero-order valence-electron chi connectivity index (χ0n) is 15.7. The number of rotatable bonds is 6. The van der Waals surface area contributed by atoms with Crippen LogP contribution >= 0.6 is 0 Å². The molecule has 144 valence electrons. The summed E-state index contributed by atoms with van der Waals surface area (Å²) < 4.78 is 6.52. The number of amides is 1. The summed E-state index contributed by atoms with van der Waals surface area (Å²) in [5.41, 5.74) is 0.581. The molecule has 7 heteroatoms. The van der Waals surface area contributed by atoms with Crippen LogP contribution in [0.25, 0.3) is 10.8 Å². The molecular formula is C21H21N3O4. The predicted octanol–water partition coefficient (Wildman–Crippen LogP) is 2.13. The molecule has 0 aliphatic heterocycles. The van der Waals surface area contributed by atoms with Gasteiger partial charge in [0.2, 0.25) is 0 Å². The first-order valence-electron chi connectivity index (χ1n) is 9.03. The number of esters is 1. The minimum absolute atomic E-state index is 0.00211. The summed E-state index contributed by atoms with van der Waals surface area (Å²) in [5.74, 6) is -1.14. The van der Waals surface area contributed by atoms with E-state index in [0.717, 1.165) is 5.56 Å². The number of hydrogen-bond donors (Lipinski definition) is 1. The second-order valence-corrected chi connectivity index (χ2v) is 6.28. The fourth-order valence-electron chi connectivity index (χ4n) is 2.84. The van der Waals surface area contributed by atoms with E-state index in [1.165, 1.54) is 11.6 Å². The van der Waals surface area contributed by atoms with Crippen molar-refractivity contribution in [1.29, 1.82) is 0 Å². The summed E-state index contributed by atoms with van der Waals surface area (Å²) in [6, 6.07) is 16.1. The van der Waals surface area contributed by atoms with E-state index in [1.807, 2.05) is 30.3 Å². The maximum absolute atomic E-state index is 12.8. The molecule has 0 fully saturated rings. The summed E-state index contributed by atoms with van der Waals surface area (Å²) >= 11 is 0. The molecule has 0 unspecified atom stereocenters. The molecule has 0 bridgehead atoms. The van der Waals surface area contributed by atoms with Gasteiger partial charge in [0.05, 0.1) is 11.9 Å². The standard InChI is InChI=1S/C21H21N3O4/c1-3-22-19(25)14(2)28-21(27)18-16-11-7-8-12-17(16)20(26)24(23-18)13-15-9-5-4-6-10-15/h4-12,14H,3,13H2,1-2H3,(H,22,25)/t14-/m0/s1. The van der Waals surface area contributed by atoms with Crippen LogP contribution in [0.1, 0.15) is 29.9 Å². The van der Waals surface area contributed by atoms with Gasteiger partial charge in [-0.2, -0.15) is 5.10 Å². The highest BCUT2D eigenvalue weighted by molar-refractivity contribution is 6.02. The quantitative estimate of drug-likeness (QED) is 0.663. The van der Waals surface area contributed by atoms with Crippen molar-refractivity contribution in [3.8, 4) is 0 Å². The second-order valence-electron chi connectivity index (χ2n) is 6.28. The normalized spacial score (nSPS) is 11.8. The Morgan fingerprint density at radius 2 is 1.71 bits per heavy atom. The Bertz CT molecular complexity index is 1060. The highest BCUT2D eigenvalue weighted by Crippen LogP contribution is 2.15. The maximum atomic E-state index is 12.8. The van der Waals surface area contributed by atoms with E-state index >= 15 is 0 Å². The molecule has 0 aliphatic carbocycles. The molecule has 0 spiro atoms. The highest BCUT2D eigenvalue weighted by Gasteiger charge is 2.23. The van der Waals surface area contributed by atoms with E-state index in [9.17, 15) is 14.4 Å². The third kappa shape index (κ3) is 4.09. The zero-order valence-corrected chi connectivity index (χ0v) is 15.7. The molecule has 0 radical (unpaired) electrons. The largest absolute Gasteiger partial charge is 0.448 e. The van der Waals surface area contributed by atoms with Gasteiger partial charge >= 0.3 is 5.97 Å². The number of nitrogens with zero attached hydrogens (tertiary/aromatic N) is 2. The Morgan fingerprint density at radius 3 is 2.39 bits per heavy atom. The average molecular weight is 379 g/mol. The number of aromatic nitrogens is 2. The van der Waals surface area contributed by atoms with Gasteiger partial charge in [-0.05, 0) is 25.5 Å². The Labute approximate surface area is 161 Å². The molecule has 3 aromatic rings. The topological polar surface area (TPSA) is 90.3 Å². The van der Waals surface area contributed by atoms with E-state index in [0.29, 0.717) is 17.3 Å². The first kappa shape index (κ1) is 19.3. The van der Waals surface area contributed by atoms with Crippen molar-refractivity contribution >= 4 is 22.6 Å². The molecule has 1 N–H and O–H groups in total. The number of carbonyl (C=O) groups excluding carboxylic acids is 2. The molecule has 1 amide bonds. The Kier molecular flexibility index (Phi) is 5.84. The van der Waals surface area contributed by atoms with Gasteiger partial charge in [0.1, 0.15) is 0 Å². The number of nitrogens with one attached hydrogen (secondary N) is 1. The predicted molar refractivity (Wildman–Crippen MR) is 105 cm³/mol. The number of carbonyl (C=O) groups is 2. The van der Waals surface area contributed by atoms with Crippen LogP contribution in [-0.2, 0) is 16.1 Å². The summed E-state index contributed by atoms with van der Waals surface area (Å²) in [6.45, 7) is 3.92. The van der Waals surface area contributed by atoms with Gasteiger partial charge in [-0.25, -0.2) is 9.48 Å². The van der Waals surface area contributed by atoms with Crippen LogP contribution in [0.15, 0.2) is 59.4 Å². The lowest BCUT2D eigenvalue weighted by Crippen LogP contribution is -2.36. The third-order valence-electron chi connectivity index (χ3n) is 4.24. The first-order valence-corrected chi connectivity index (χ1v) is 9.03. The average Bonchev–Trinajstić information content (AvgIpc) is 2.71. The van der Waals surface area contributed by atoms with Crippen molar-refractivity contribution < 1.29 is 14.3 Å². The van der Waals surface area contributed by atoms with Crippen LogP contribution < -0.4 is 10.9 Å². The van der Waals surface area contributed by atoms with Crippen molar-refractivity contribution in [2.45, 2.75) is 26.5 Å². The Hall–Kier alpha value is -3.48. The van der Waals surface area contributed by atoms with E-state index in [1.54, 1.807) is 31.2 Å². The Morgan fingerprint density at radius 1 is 1.07 bits per heavy atom. The van der Waals surface area contributed by atoms with Gasteiger partial charge in [0.25, 0.3) is 11.5 Å². The molecule has 2 aromatic carbocycles. The molecule has 1 atom stereocenters. The molecule has 3 rings (SSSR count). The van der Waals surface area contributed by atoms with Gasteiger partial charge in [0.15, 0.2) is 11.8 Å². The lowest BCUT2D eigenvalue weighted by molar-refractivity contribution is -0.128. The van der Waals surface area contributed by atoms with Gasteiger partial charge in [-0.1, -0.05) is 48.5 Å². The van der Waals surface area contributed by atoms with E-state index < -0.39 is 18.0 Å². The molecule has 0 aliphatic rings. The molecule has 7 nitrogen and oxygen atoms in total. The van der Waals surface area contributed by atoms with Crippen molar-refractivity contribution in [3.05, 3.63) is 76.2 Å². The summed E-state index contributed by atoms with van der Waals surface area (Å²) in [5, 5.41) is 7.61.